The van der Waals surface area contributed by atoms with Crippen molar-refractivity contribution >= 4 is 44.9 Å². The Kier molecular flexibility index (Phi) is 4.59. The van der Waals surface area contributed by atoms with Gasteiger partial charge in [0.1, 0.15) is 5.01 Å². The number of carbonyl (C=O) groups excluding carboxylic acids is 1. The quantitative estimate of drug-likeness (QED) is 0.632. The van der Waals surface area contributed by atoms with E-state index >= 15 is 0 Å². The minimum Gasteiger partial charge on any atom is -0.333 e. The van der Waals surface area contributed by atoms with Gasteiger partial charge in [0.15, 0.2) is 0 Å². The fraction of sp³-hybridized carbons (Fsp3) is 0.222. The van der Waals surface area contributed by atoms with Crippen molar-refractivity contribution in [1.29, 1.82) is 0 Å². The molecule has 3 aromatic rings. The van der Waals surface area contributed by atoms with E-state index in [4.69, 9.17) is 0 Å². The summed E-state index contributed by atoms with van der Waals surface area (Å²) < 4.78 is 1.15. The second kappa shape index (κ2) is 6.64. The van der Waals surface area contributed by atoms with Crippen LogP contribution >= 0.6 is 22.7 Å². The predicted octanol–water partition coefficient (Wildman–Crippen LogP) is 4.90. The Morgan fingerprint density at radius 3 is 2.70 bits per heavy atom. The van der Waals surface area contributed by atoms with Gasteiger partial charge in [0.05, 0.1) is 16.3 Å². The third-order valence-corrected chi connectivity index (χ3v) is 5.92. The highest BCUT2D eigenvalue weighted by Crippen LogP contribution is 2.29. The van der Waals surface area contributed by atoms with Gasteiger partial charge in [-0.15, -0.1) is 22.7 Å². The van der Waals surface area contributed by atoms with Crippen molar-refractivity contribution in [2.45, 2.75) is 19.9 Å². The molecule has 1 aromatic carbocycles. The molecule has 5 heteroatoms. The SMILES string of the molecule is Cc1ccc(/C=C/C(=O)N(C)[C@H](C)c2nc3ccccc3s2)s1. The number of aromatic nitrogens is 1. The van der Waals surface area contributed by atoms with Crippen LogP contribution in [0.15, 0.2) is 42.5 Å². The molecule has 1 amide bonds. The summed E-state index contributed by atoms with van der Waals surface area (Å²) in [4.78, 5) is 21.1. The Bertz CT molecular complexity index is 830. The Morgan fingerprint density at radius 1 is 1.22 bits per heavy atom. The number of carbonyl (C=O) groups is 1. The number of benzene rings is 1. The lowest BCUT2D eigenvalue weighted by atomic mass is 10.3. The van der Waals surface area contributed by atoms with Crippen molar-refractivity contribution in [3.63, 3.8) is 0 Å². The third-order valence-electron chi connectivity index (χ3n) is 3.75. The molecular weight excluding hydrogens is 324 g/mol. The molecule has 0 spiro atoms. The van der Waals surface area contributed by atoms with Crippen LogP contribution in [-0.4, -0.2) is 22.8 Å². The maximum Gasteiger partial charge on any atom is 0.246 e. The normalized spacial score (nSPS) is 12.8. The molecule has 0 radical (unpaired) electrons. The van der Waals surface area contributed by atoms with Crippen molar-refractivity contribution in [2.75, 3.05) is 7.05 Å². The van der Waals surface area contributed by atoms with Crippen LogP contribution in [0.2, 0.25) is 0 Å². The van der Waals surface area contributed by atoms with E-state index in [-0.39, 0.29) is 11.9 Å². The van der Waals surface area contributed by atoms with E-state index < -0.39 is 0 Å². The van der Waals surface area contributed by atoms with Crippen molar-refractivity contribution in [1.82, 2.24) is 9.88 Å². The first-order valence-electron chi connectivity index (χ1n) is 7.41. The molecule has 0 saturated heterocycles. The highest BCUT2D eigenvalue weighted by atomic mass is 32.1. The van der Waals surface area contributed by atoms with Crippen molar-refractivity contribution < 1.29 is 4.79 Å². The van der Waals surface area contributed by atoms with Crippen molar-refractivity contribution in [2.24, 2.45) is 0 Å². The number of hydrogen-bond acceptors (Lipinski definition) is 4. The largest absolute Gasteiger partial charge is 0.333 e. The second-order valence-corrected chi connectivity index (χ2v) is 7.81. The highest BCUT2D eigenvalue weighted by molar-refractivity contribution is 7.18. The number of rotatable bonds is 4. The molecule has 1 atom stereocenters. The van der Waals surface area contributed by atoms with Gasteiger partial charge in [-0.2, -0.15) is 0 Å². The van der Waals surface area contributed by atoms with Gasteiger partial charge < -0.3 is 4.90 Å². The van der Waals surface area contributed by atoms with Crippen LogP contribution in [0.25, 0.3) is 16.3 Å². The minimum absolute atomic E-state index is 0.0113. The summed E-state index contributed by atoms with van der Waals surface area (Å²) >= 11 is 3.32. The summed E-state index contributed by atoms with van der Waals surface area (Å²) in [5.74, 6) is -0.0113. The van der Waals surface area contributed by atoms with Gasteiger partial charge in [-0.3, -0.25) is 4.79 Å². The molecule has 0 aliphatic heterocycles. The summed E-state index contributed by atoms with van der Waals surface area (Å²) in [5, 5.41) is 0.961. The average Bonchev–Trinajstić information content (AvgIpc) is 3.16. The molecule has 23 heavy (non-hydrogen) atoms. The van der Waals surface area contributed by atoms with Gasteiger partial charge in [0.25, 0.3) is 0 Å². The fourth-order valence-electron chi connectivity index (χ4n) is 2.24. The number of amides is 1. The predicted molar refractivity (Wildman–Crippen MR) is 98.9 cm³/mol. The lowest BCUT2D eigenvalue weighted by Crippen LogP contribution is -2.27. The molecule has 2 heterocycles. The lowest BCUT2D eigenvalue weighted by Gasteiger charge is -2.21. The van der Waals surface area contributed by atoms with Gasteiger partial charge in [-0.25, -0.2) is 4.98 Å². The van der Waals surface area contributed by atoms with Crippen LogP contribution in [-0.2, 0) is 4.79 Å². The first kappa shape index (κ1) is 15.9. The van der Waals surface area contributed by atoms with Crippen molar-refractivity contribution in [3.8, 4) is 0 Å². The maximum absolute atomic E-state index is 12.4. The Hall–Kier alpha value is -1.98. The van der Waals surface area contributed by atoms with Crippen LogP contribution in [0.5, 0.6) is 0 Å². The average molecular weight is 342 g/mol. The van der Waals surface area contributed by atoms with Gasteiger partial charge in [0, 0.05) is 22.9 Å². The molecule has 118 valence electrons. The molecule has 0 N–H and O–H groups in total. The van der Waals surface area contributed by atoms with Crippen LogP contribution in [0.4, 0.5) is 0 Å². The van der Waals surface area contributed by atoms with E-state index in [1.165, 1.54) is 4.88 Å². The van der Waals surface area contributed by atoms with Gasteiger partial charge in [-0.05, 0) is 44.2 Å². The molecule has 3 rings (SSSR count). The number of hydrogen-bond donors (Lipinski definition) is 0. The van der Waals surface area contributed by atoms with Crippen LogP contribution in [0.3, 0.4) is 0 Å². The zero-order valence-electron chi connectivity index (χ0n) is 13.3. The minimum atomic E-state index is -0.0466. The lowest BCUT2D eigenvalue weighted by molar-refractivity contribution is -0.126. The Balaban J connectivity index is 1.74. The molecule has 0 fully saturated rings. The van der Waals surface area contributed by atoms with E-state index in [2.05, 4.69) is 24.0 Å². The van der Waals surface area contributed by atoms with Gasteiger partial charge in [-0.1, -0.05) is 12.1 Å². The number of likely N-dealkylation sites (N-methyl/N-ethyl adjacent to an activating group) is 1. The van der Waals surface area contributed by atoms with Crippen LogP contribution < -0.4 is 0 Å². The topological polar surface area (TPSA) is 33.2 Å². The van der Waals surface area contributed by atoms with E-state index in [1.54, 1.807) is 33.6 Å². The van der Waals surface area contributed by atoms with E-state index in [1.807, 2.05) is 44.3 Å². The van der Waals surface area contributed by atoms with E-state index in [9.17, 15) is 4.79 Å². The first-order valence-corrected chi connectivity index (χ1v) is 9.04. The van der Waals surface area contributed by atoms with E-state index in [0.717, 1.165) is 20.1 Å². The molecule has 0 unspecified atom stereocenters. The highest BCUT2D eigenvalue weighted by Gasteiger charge is 2.19. The van der Waals surface area contributed by atoms with Crippen molar-refractivity contribution in [3.05, 3.63) is 57.2 Å². The maximum atomic E-state index is 12.4. The summed E-state index contributed by atoms with van der Waals surface area (Å²) in [6.45, 7) is 4.07. The summed E-state index contributed by atoms with van der Waals surface area (Å²) in [7, 11) is 1.82. The fourth-order valence-corrected chi connectivity index (χ4v) is 4.08. The molecule has 0 saturated carbocycles. The Labute approximate surface area is 143 Å². The Morgan fingerprint density at radius 2 is 2.00 bits per heavy atom. The molecular formula is C18H18N2OS2. The number of fused-ring (bicyclic) bond motifs is 1. The van der Waals surface area contributed by atoms with E-state index in [0.29, 0.717) is 0 Å². The molecule has 2 aromatic heterocycles. The standard InChI is InChI=1S/C18H18N2OS2/c1-12-8-9-14(22-12)10-11-17(21)20(3)13(2)18-19-15-6-4-5-7-16(15)23-18/h4-11,13H,1-3H3/b11-10+/t13-/m1/s1. The molecule has 3 nitrogen and oxygen atoms in total. The molecule has 0 aliphatic carbocycles. The van der Waals surface area contributed by atoms with Gasteiger partial charge >= 0.3 is 0 Å². The summed E-state index contributed by atoms with van der Waals surface area (Å²) in [6.07, 6.45) is 3.51. The summed E-state index contributed by atoms with van der Waals surface area (Å²) in [6, 6.07) is 12.1. The monoisotopic (exact) mass is 342 g/mol. The zero-order valence-corrected chi connectivity index (χ0v) is 14.9. The number of aryl methyl sites for hydroxylation is 1. The smallest absolute Gasteiger partial charge is 0.246 e. The molecule has 0 aliphatic rings. The second-order valence-electron chi connectivity index (χ2n) is 5.43. The number of thiazole rings is 1. The third kappa shape index (κ3) is 3.51. The zero-order chi connectivity index (χ0) is 16.4. The van der Waals surface area contributed by atoms with Crippen LogP contribution in [0, 0.1) is 6.92 Å². The number of para-hydroxylation sites is 1. The van der Waals surface area contributed by atoms with Crippen LogP contribution in [0.1, 0.15) is 27.7 Å². The van der Waals surface area contributed by atoms with Gasteiger partial charge in [0.2, 0.25) is 5.91 Å². The molecule has 0 bridgehead atoms. The summed E-state index contributed by atoms with van der Waals surface area (Å²) in [5.41, 5.74) is 0.991. The number of nitrogens with zero attached hydrogens (tertiary/aromatic N) is 2. The first-order chi connectivity index (χ1) is 11.0. The number of thiophene rings is 1.